The molecule has 0 heterocycles. The van der Waals surface area contributed by atoms with Gasteiger partial charge in [0.15, 0.2) is 0 Å². The van der Waals surface area contributed by atoms with E-state index in [0.717, 1.165) is 10.0 Å². The lowest BCUT2D eigenvalue weighted by molar-refractivity contribution is -0.139. The SMILES string of the molecule is C[C@H](NC(=O)C(=O)N/N=C\c1cc(Br)ccc1OCc1c(Cl)cccc1Cl)c1ccccc1. The van der Waals surface area contributed by atoms with Crippen molar-refractivity contribution in [1.29, 1.82) is 0 Å². The van der Waals surface area contributed by atoms with Crippen LogP contribution in [-0.4, -0.2) is 18.0 Å². The molecule has 33 heavy (non-hydrogen) atoms. The highest BCUT2D eigenvalue weighted by Gasteiger charge is 2.16. The number of carbonyl (C=O) groups excluding carboxylic acids is 2. The van der Waals surface area contributed by atoms with Gasteiger partial charge >= 0.3 is 11.8 Å². The van der Waals surface area contributed by atoms with Crippen molar-refractivity contribution in [3.05, 3.63) is 97.9 Å². The number of carbonyl (C=O) groups is 2. The molecular formula is C24H20BrCl2N3O3. The molecule has 6 nitrogen and oxygen atoms in total. The van der Waals surface area contributed by atoms with Crippen LogP contribution in [0.3, 0.4) is 0 Å². The van der Waals surface area contributed by atoms with Gasteiger partial charge in [-0.25, -0.2) is 5.43 Å². The van der Waals surface area contributed by atoms with E-state index < -0.39 is 11.8 Å². The quantitative estimate of drug-likeness (QED) is 0.227. The molecule has 170 valence electrons. The van der Waals surface area contributed by atoms with E-state index in [0.29, 0.717) is 26.9 Å². The number of nitrogens with zero attached hydrogens (tertiary/aromatic N) is 1. The Kier molecular flexibility index (Phi) is 8.88. The standard InChI is InChI=1S/C24H20BrCl2N3O3/c1-15(16-6-3-2-4-7-16)29-23(31)24(32)30-28-13-17-12-18(25)10-11-22(17)33-14-19-20(26)8-5-9-21(19)27/h2-13,15H,14H2,1H3,(H,29,31)(H,30,32)/b28-13-/t15-/m0/s1. The van der Waals surface area contributed by atoms with Crippen molar-refractivity contribution < 1.29 is 14.3 Å². The van der Waals surface area contributed by atoms with Crippen molar-refractivity contribution in [1.82, 2.24) is 10.7 Å². The highest BCUT2D eigenvalue weighted by Crippen LogP contribution is 2.28. The van der Waals surface area contributed by atoms with Crippen molar-refractivity contribution >= 4 is 57.2 Å². The van der Waals surface area contributed by atoms with E-state index in [1.54, 1.807) is 43.3 Å². The van der Waals surface area contributed by atoms with Crippen molar-refractivity contribution in [3.63, 3.8) is 0 Å². The van der Waals surface area contributed by atoms with Gasteiger partial charge in [0.1, 0.15) is 12.4 Å². The lowest BCUT2D eigenvalue weighted by atomic mass is 10.1. The smallest absolute Gasteiger partial charge is 0.329 e. The van der Waals surface area contributed by atoms with Crippen molar-refractivity contribution in [2.24, 2.45) is 5.10 Å². The maximum absolute atomic E-state index is 12.2. The summed E-state index contributed by atoms with van der Waals surface area (Å²) in [4.78, 5) is 24.3. The number of benzene rings is 3. The monoisotopic (exact) mass is 547 g/mol. The van der Waals surface area contributed by atoms with Gasteiger partial charge in [-0.2, -0.15) is 5.10 Å². The van der Waals surface area contributed by atoms with Crippen molar-refractivity contribution in [2.75, 3.05) is 0 Å². The van der Waals surface area contributed by atoms with Gasteiger partial charge < -0.3 is 10.1 Å². The molecule has 3 aromatic rings. The summed E-state index contributed by atoms with van der Waals surface area (Å²) in [7, 11) is 0. The Morgan fingerprint density at radius 1 is 1.03 bits per heavy atom. The zero-order valence-electron chi connectivity index (χ0n) is 17.5. The van der Waals surface area contributed by atoms with Gasteiger partial charge in [-0.1, -0.05) is 75.5 Å². The Hall–Kier alpha value is -2.87. The average molecular weight is 549 g/mol. The molecule has 0 radical (unpaired) electrons. The number of hydrogen-bond acceptors (Lipinski definition) is 4. The second-order valence-electron chi connectivity index (χ2n) is 6.98. The molecule has 0 aliphatic carbocycles. The molecule has 0 aromatic heterocycles. The highest BCUT2D eigenvalue weighted by molar-refractivity contribution is 9.10. The average Bonchev–Trinajstić information content (AvgIpc) is 2.80. The molecule has 0 aliphatic heterocycles. The first-order valence-corrected chi connectivity index (χ1v) is 11.4. The van der Waals surface area contributed by atoms with Crippen molar-refractivity contribution in [3.8, 4) is 5.75 Å². The predicted molar refractivity (Wildman–Crippen MR) is 134 cm³/mol. The molecule has 2 amide bonds. The largest absolute Gasteiger partial charge is 0.488 e. The number of nitrogens with one attached hydrogen (secondary N) is 2. The molecule has 0 fully saturated rings. The molecule has 0 saturated carbocycles. The maximum atomic E-state index is 12.2. The summed E-state index contributed by atoms with van der Waals surface area (Å²) in [5.41, 5.74) is 4.35. The fourth-order valence-corrected chi connectivity index (χ4v) is 3.76. The number of rotatable bonds is 7. The Morgan fingerprint density at radius 2 is 1.73 bits per heavy atom. The van der Waals surface area contributed by atoms with Gasteiger partial charge in [-0.05, 0) is 42.8 Å². The molecular weight excluding hydrogens is 529 g/mol. The molecule has 0 saturated heterocycles. The van der Waals surface area contributed by atoms with Crippen LogP contribution in [-0.2, 0) is 16.2 Å². The zero-order chi connectivity index (χ0) is 23.8. The van der Waals surface area contributed by atoms with Crippen LogP contribution in [0.4, 0.5) is 0 Å². The van der Waals surface area contributed by atoms with Crippen molar-refractivity contribution in [2.45, 2.75) is 19.6 Å². The topological polar surface area (TPSA) is 79.8 Å². The first-order chi connectivity index (χ1) is 15.8. The first-order valence-electron chi connectivity index (χ1n) is 9.89. The molecule has 1 atom stereocenters. The van der Waals surface area contributed by atoms with Crippen LogP contribution < -0.4 is 15.5 Å². The second kappa shape index (κ2) is 11.8. The van der Waals surface area contributed by atoms with Gasteiger partial charge in [0.25, 0.3) is 0 Å². The summed E-state index contributed by atoms with van der Waals surface area (Å²) < 4.78 is 6.66. The third kappa shape index (κ3) is 7.05. The molecule has 0 unspecified atom stereocenters. The lowest BCUT2D eigenvalue weighted by Crippen LogP contribution is -2.39. The third-order valence-electron chi connectivity index (χ3n) is 4.63. The number of hydrogen-bond donors (Lipinski definition) is 2. The van der Waals surface area contributed by atoms with E-state index >= 15 is 0 Å². The second-order valence-corrected chi connectivity index (χ2v) is 8.71. The maximum Gasteiger partial charge on any atom is 0.329 e. The lowest BCUT2D eigenvalue weighted by Gasteiger charge is -2.13. The Morgan fingerprint density at radius 3 is 2.42 bits per heavy atom. The molecule has 2 N–H and O–H groups in total. The van der Waals surface area contributed by atoms with E-state index in [4.69, 9.17) is 27.9 Å². The molecule has 9 heteroatoms. The molecule has 0 aliphatic rings. The summed E-state index contributed by atoms with van der Waals surface area (Å²) >= 11 is 15.8. The summed E-state index contributed by atoms with van der Waals surface area (Å²) in [6.45, 7) is 1.94. The summed E-state index contributed by atoms with van der Waals surface area (Å²) in [5, 5.41) is 7.52. The van der Waals surface area contributed by atoms with E-state index in [1.807, 2.05) is 30.3 Å². The van der Waals surface area contributed by atoms with E-state index in [1.165, 1.54) is 6.21 Å². The Balaban J connectivity index is 1.62. The molecule has 3 rings (SSSR count). The van der Waals surface area contributed by atoms with Gasteiger partial charge in [-0.15, -0.1) is 0 Å². The van der Waals surface area contributed by atoms with Gasteiger partial charge in [0.05, 0.1) is 12.3 Å². The van der Waals surface area contributed by atoms with E-state index in [9.17, 15) is 9.59 Å². The summed E-state index contributed by atoms with van der Waals surface area (Å²) in [5.74, 6) is -1.17. The van der Waals surface area contributed by atoms with E-state index in [-0.39, 0.29) is 12.6 Å². The van der Waals surface area contributed by atoms with Crippen LogP contribution in [0.15, 0.2) is 76.3 Å². The number of ether oxygens (including phenoxy) is 1. The summed E-state index contributed by atoms with van der Waals surface area (Å²) in [6, 6.07) is 19.5. The van der Waals surface area contributed by atoms with Gasteiger partial charge in [-0.3, -0.25) is 9.59 Å². The fourth-order valence-electron chi connectivity index (χ4n) is 2.87. The normalized spacial score (nSPS) is 11.8. The van der Waals surface area contributed by atoms with Crippen LogP contribution in [0.2, 0.25) is 10.0 Å². The van der Waals surface area contributed by atoms with Gasteiger partial charge in [0, 0.05) is 25.6 Å². The number of halogens is 3. The minimum Gasteiger partial charge on any atom is -0.488 e. The predicted octanol–water partition coefficient (Wildman–Crippen LogP) is 5.66. The van der Waals surface area contributed by atoms with Gasteiger partial charge in [0.2, 0.25) is 0 Å². The highest BCUT2D eigenvalue weighted by atomic mass is 79.9. The Labute approximate surface area is 210 Å². The van der Waals surface area contributed by atoms with Crippen LogP contribution in [0.1, 0.15) is 29.7 Å². The van der Waals surface area contributed by atoms with Crippen LogP contribution in [0, 0.1) is 0 Å². The molecule has 0 spiro atoms. The zero-order valence-corrected chi connectivity index (χ0v) is 20.6. The van der Waals surface area contributed by atoms with E-state index in [2.05, 4.69) is 31.8 Å². The fraction of sp³-hybridized carbons (Fsp3) is 0.125. The van der Waals surface area contributed by atoms with Crippen LogP contribution in [0.25, 0.3) is 0 Å². The minimum atomic E-state index is -0.880. The minimum absolute atomic E-state index is 0.146. The third-order valence-corrected chi connectivity index (χ3v) is 5.83. The first kappa shape index (κ1) is 24.8. The summed E-state index contributed by atoms with van der Waals surface area (Å²) in [6.07, 6.45) is 1.39. The molecule has 0 bridgehead atoms. The number of amides is 2. The number of hydrazone groups is 1. The molecule has 3 aromatic carbocycles. The van der Waals surface area contributed by atoms with Crippen LogP contribution in [0.5, 0.6) is 5.75 Å². The Bertz CT molecular complexity index is 1150. The van der Waals surface area contributed by atoms with Crippen LogP contribution >= 0.6 is 39.1 Å².